The Morgan fingerprint density at radius 2 is 1.89 bits per heavy atom. The third-order valence-corrected chi connectivity index (χ3v) is 3.83. The molecule has 0 spiro atoms. The van der Waals surface area contributed by atoms with Gasteiger partial charge in [-0.15, -0.1) is 0 Å². The Morgan fingerprint density at radius 1 is 1.11 bits per heavy atom. The average molecular weight is 387 g/mol. The molecule has 1 rings (SSSR count). The number of halogens is 2. The SMILES string of the molecule is COCCOCCc1nc(Cl)c(I)c(COC)n1. The molecule has 0 aliphatic carbocycles. The van der Waals surface area contributed by atoms with Gasteiger partial charge in [0.05, 0.1) is 35.7 Å². The second kappa shape index (κ2) is 8.98. The molecule has 0 fully saturated rings. The third kappa shape index (κ3) is 5.31. The van der Waals surface area contributed by atoms with Crippen molar-refractivity contribution in [3.05, 3.63) is 20.2 Å². The molecule has 0 atom stereocenters. The van der Waals surface area contributed by atoms with Gasteiger partial charge < -0.3 is 14.2 Å². The molecular weight excluding hydrogens is 370 g/mol. The van der Waals surface area contributed by atoms with Crippen LogP contribution < -0.4 is 0 Å². The second-order valence-corrected chi connectivity index (χ2v) is 4.92. The van der Waals surface area contributed by atoms with Crippen molar-refractivity contribution in [3.8, 4) is 0 Å². The zero-order valence-corrected chi connectivity index (χ0v) is 13.3. The molecule has 0 aliphatic rings. The first-order valence-electron chi connectivity index (χ1n) is 5.45. The Balaban J connectivity index is 2.55. The first-order chi connectivity index (χ1) is 8.69. The van der Waals surface area contributed by atoms with Gasteiger partial charge in [0.15, 0.2) is 0 Å². The van der Waals surface area contributed by atoms with Gasteiger partial charge in [0.2, 0.25) is 0 Å². The molecule has 0 aromatic carbocycles. The van der Waals surface area contributed by atoms with Crippen LogP contribution in [0.5, 0.6) is 0 Å². The van der Waals surface area contributed by atoms with Crippen LogP contribution in [0, 0.1) is 3.57 Å². The van der Waals surface area contributed by atoms with Crippen LogP contribution in [0.2, 0.25) is 5.15 Å². The Morgan fingerprint density at radius 3 is 2.56 bits per heavy atom. The lowest BCUT2D eigenvalue weighted by Crippen LogP contribution is -2.09. The van der Waals surface area contributed by atoms with Crippen molar-refractivity contribution >= 4 is 34.2 Å². The number of aromatic nitrogens is 2. The fraction of sp³-hybridized carbons (Fsp3) is 0.636. The summed E-state index contributed by atoms with van der Waals surface area (Å²) < 4.78 is 16.2. The Bertz CT molecular complexity index is 380. The minimum atomic E-state index is 0.429. The van der Waals surface area contributed by atoms with Gasteiger partial charge in [-0.1, -0.05) is 11.6 Å². The van der Waals surface area contributed by atoms with Crippen LogP contribution in [-0.4, -0.2) is 44.0 Å². The zero-order valence-electron chi connectivity index (χ0n) is 10.4. The molecule has 1 aromatic rings. The highest BCUT2D eigenvalue weighted by molar-refractivity contribution is 14.1. The lowest BCUT2D eigenvalue weighted by atomic mass is 10.3. The van der Waals surface area contributed by atoms with Gasteiger partial charge in [0, 0.05) is 20.6 Å². The third-order valence-electron chi connectivity index (χ3n) is 2.11. The van der Waals surface area contributed by atoms with Gasteiger partial charge in [-0.05, 0) is 22.6 Å². The zero-order chi connectivity index (χ0) is 13.4. The number of rotatable bonds is 8. The van der Waals surface area contributed by atoms with E-state index in [-0.39, 0.29) is 0 Å². The maximum absolute atomic E-state index is 6.04. The summed E-state index contributed by atoms with van der Waals surface area (Å²) in [5.41, 5.74) is 0.810. The van der Waals surface area contributed by atoms with Crippen molar-refractivity contribution in [1.82, 2.24) is 9.97 Å². The van der Waals surface area contributed by atoms with Crippen molar-refractivity contribution in [2.24, 2.45) is 0 Å². The number of methoxy groups -OCH3 is 2. The van der Waals surface area contributed by atoms with Gasteiger partial charge in [0.1, 0.15) is 11.0 Å². The van der Waals surface area contributed by atoms with Crippen LogP contribution in [0.25, 0.3) is 0 Å². The summed E-state index contributed by atoms with van der Waals surface area (Å²) in [5.74, 6) is 0.671. The van der Waals surface area contributed by atoms with Crippen molar-refractivity contribution in [2.45, 2.75) is 13.0 Å². The Hall–Kier alpha value is -0.0200. The molecule has 0 aliphatic heterocycles. The monoisotopic (exact) mass is 386 g/mol. The first kappa shape index (κ1) is 16.0. The Labute approximate surface area is 125 Å². The summed E-state index contributed by atoms with van der Waals surface area (Å²) in [6.45, 7) is 2.13. The van der Waals surface area contributed by atoms with Crippen molar-refractivity contribution < 1.29 is 14.2 Å². The standard InChI is InChI=1S/C11H16ClIN2O3/c1-16-5-6-18-4-3-9-14-8(7-17-2)10(13)11(12)15-9/h3-7H2,1-2H3. The molecule has 0 unspecified atom stereocenters. The predicted octanol–water partition coefficient (Wildman–Crippen LogP) is 2.09. The van der Waals surface area contributed by atoms with E-state index in [0.29, 0.717) is 43.8 Å². The largest absolute Gasteiger partial charge is 0.382 e. The second-order valence-electron chi connectivity index (χ2n) is 3.48. The van der Waals surface area contributed by atoms with E-state index >= 15 is 0 Å². The molecule has 0 bridgehead atoms. The number of hydrogen-bond acceptors (Lipinski definition) is 5. The van der Waals surface area contributed by atoms with Gasteiger partial charge in [-0.25, -0.2) is 9.97 Å². The van der Waals surface area contributed by atoms with Gasteiger partial charge in [-0.2, -0.15) is 0 Å². The highest BCUT2D eigenvalue weighted by atomic mass is 127. The predicted molar refractivity (Wildman–Crippen MR) is 76.9 cm³/mol. The Kier molecular flexibility index (Phi) is 8.00. The molecule has 0 radical (unpaired) electrons. The van der Waals surface area contributed by atoms with E-state index in [4.69, 9.17) is 25.8 Å². The highest BCUT2D eigenvalue weighted by Crippen LogP contribution is 2.19. The van der Waals surface area contributed by atoms with E-state index < -0.39 is 0 Å². The molecule has 1 heterocycles. The quantitative estimate of drug-likeness (QED) is 0.389. The van der Waals surface area contributed by atoms with E-state index in [0.717, 1.165) is 9.26 Å². The molecule has 0 saturated heterocycles. The molecule has 0 N–H and O–H groups in total. The molecule has 0 amide bonds. The smallest absolute Gasteiger partial charge is 0.146 e. The summed E-state index contributed by atoms with van der Waals surface area (Å²) in [6, 6.07) is 0. The highest BCUT2D eigenvalue weighted by Gasteiger charge is 2.10. The van der Waals surface area contributed by atoms with Crippen LogP contribution in [-0.2, 0) is 27.2 Å². The number of nitrogens with zero attached hydrogens (tertiary/aromatic N) is 2. The van der Waals surface area contributed by atoms with Crippen LogP contribution >= 0.6 is 34.2 Å². The van der Waals surface area contributed by atoms with Gasteiger partial charge >= 0.3 is 0 Å². The van der Waals surface area contributed by atoms with Crippen LogP contribution in [0.3, 0.4) is 0 Å². The normalized spacial score (nSPS) is 10.9. The summed E-state index contributed by atoms with van der Waals surface area (Å²) in [4.78, 5) is 8.61. The van der Waals surface area contributed by atoms with E-state index in [1.165, 1.54) is 0 Å². The molecule has 0 saturated carbocycles. The summed E-state index contributed by atoms with van der Waals surface area (Å²) in [5, 5.41) is 0.463. The number of hydrogen-bond donors (Lipinski definition) is 0. The maximum Gasteiger partial charge on any atom is 0.146 e. The minimum absolute atomic E-state index is 0.429. The lowest BCUT2D eigenvalue weighted by molar-refractivity contribution is 0.0715. The minimum Gasteiger partial charge on any atom is -0.382 e. The summed E-state index contributed by atoms with van der Waals surface area (Å²) >= 11 is 8.16. The molecule has 102 valence electrons. The van der Waals surface area contributed by atoms with Gasteiger partial charge in [-0.3, -0.25) is 0 Å². The van der Waals surface area contributed by atoms with Crippen LogP contribution in [0.1, 0.15) is 11.5 Å². The van der Waals surface area contributed by atoms with Crippen molar-refractivity contribution in [2.75, 3.05) is 34.0 Å². The van der Waals surface area contributed by atoms with Crippen molar-refractivity contribution in [1.29, 1.82) is 0 Å². The molecule has 7 heteroatoms. The van der Waals surface area contributed by atoms with Crippen LogP contribution in [0.15, 0.2) is 0 Å². The molecule has 5 nitrogen and oxygen atoms in total. The van der Waals surface area contributed by atoms with E-state index in [2.05, 4.69) is 32.6 Å². The van der Waals surface area contributed by atoms with E-state index in [9.17, 15) is 0 Å². The van der Waals surface area contributed by atoms with Crippen molar-refractivity contribution in [3.63, 3.8) is 0 Å². The maximum atomic E-state index is 6.04. The topological polar surface area (TPSA) is 53.5 Å². The lowest BCUT2D eigenvalue weighted by Gasteiger charge is -2.08. The summed E-state index contributed by atoms with van der Waals surface area (Å²) in [6.07, 6.45) is 0.622. The van der Waals surface area contributed by atoms with Gasteiger partial charge in [0.25, 0.3) is 0 Å². The number of ether oxygens (including phenoxy) is 3. The van der Waals surface area contributed by atoms with E-state index in [1.807, 2.05) is 0 Å². The first-order valence-corrected chi connectivity index (χ1v) is 6.91. The molecule has 1 aromatic heterocycles. The molecule has 18 heavy (non-hydrogen) atoms. The fourth-order valence-electron chi connectivity index (χ4n) is 1.26. The van der Waals surface area contributed by atoms with Crippen LogP contribution in [0.4, 0.5) is 0 Å². The fourth-order valence-corrected chi connectivity index (χ4v) is 1.87. The molecular formula is C11H16ClIN2O3. The van der Waals surface area contributed by atoms with E-state index in [1.54, 1.807) is 14.2 Å². The summed E-state index contributed by atoms with van der Waals surface area (Å²) in [7, 11) is 3.27. The average Bonchev–Trinajstić information content (AvgIpc) is 2.35.